The highest BCUT2D eigenvalue weighted by molar-refractivity contribution is 4.99. The molecule has 1 nitrogen and oxygen atoms in total. The number of hydrogen-bond acceptors (Lipinski definition) is 1. The molecule has 12 heavy (non-hydrogen) atoms. The zero-order valence-corrected chi connectivity index (χ0v) is 9.52. The molecule has 0 unspecified atom stereocenters. The van der Waals surface area contributed by atoms with E-state index < -0.39 is 0 Å². The van der Waals surface area contributed by atoms with Gasteiger partial charge in [0.1, 0.15) is 0 Å². The van der Waals surface area contributed by atoms with Crippen LogP contribution in [-0.2, 0) is 0 Å². The van der Waals surface area contributed by atoms with Crippen LogP contribution in [-0.4, -0.2) is 6.54 Å². The zero-order chi connectivity index (χ0) is 10.2. The molecule has 1 heteroatoms. The van der Waals surface area contributed by atoms with Crippen LogP contribution in [0.2, 0.25) is 0 Å². The largest absolute Gasteiger partial charge is 0.391 e. The van der Waals surface area contributed by atoms with Crippen LogP contribution in [0, 0.1) is 0 Å². The van der Waals surface area contributed by atoms with Crippen molar-refractivity contribution in [2.24, 2.45) is 0 Å². The lowest BCUT2D eigenvalue weighted by Crippen LogP contribution is -2.00. The van der Waals surface area contributed by atoms with E-state index in [1.807, 2.05) is 59.0 Å². The van der Waals surface area contributed by atoms with E-state index in [-0.39, 0.29) is 0 Å². The Hall–Kier alpha value is -0.720. The molecule has 0 radical (unpaired) electrons. The highest BCUT2D eigenvalue weighted by atomic mass is 14.8. The first-order chi connectivity index (χ1) is 5.91. The minimum atomic E-state index is 0.994. The number of nitrogens with one attached hydrogen (secondary N) is 1. The molecular weight excluding hydrogens is 146 g/mol. The molecule has 0 aliphatic carbocycles. The van der Waals surface area contributed by atoms with Crippen LogP contribution in [0.5, 0.6) is 0 Å². The third-order valence-corrected chi connectivity index (χ3v) is 0.722. The molecule has 0 heterocycles. The van der Waals surface area contributed by atoms with Crippen molar-refractivity contribution in [2.75, 3.05) is 6.54 Å². The predicted molar refractivity (Wildman–Crippen MR) is 60.3 cm³/mol. The van der Waals surface area contributed by atoms with Crippen LogP contribution < -0.4 is 5.32 Å². The summed E-state index contributed by atoms with van der Waals surface area (Å²) in [5.74, 6) is 0. The van der Waals surface area contributed by atoms with Crippen LogP contribution in [0.3, 0.4) is 0 Å². The van der Waals surface area contributed by atoms with Gasteiger partial charge in [-0.25, -0.2) is 0 Å². The second kappa shape index (κ2) is 31.8. The van der Waals surface area contributed by atoms with E-state index in [0.717, 1.165) is 6.54 Å². The van der Waals surface area contributed by atoms with Gasteiger partial charge in [-0.05, 0) is 26.1 Å². The lowest BCUT2D eigenvalue weighted by atomic mass is 10.5. The summed E-state index contributed by atoms with van der Waals surface area (Å²) in [6, 6.07) is 0. The van der Waals surface area contributed by atoms with Gasteiger partial charge in [-0.2, -0.15) is 0 Å². The molecule has 0 atom stereocenters. The Bertz CT molecular complexity index is 83.0. The summed E-state index contributed by atoms with van der Waals surface area (Å²) < 4.78 is 0. The van der Waals surface area contributed by atoms with Crippen LogP contribution >= 0.6 is 0 Å². The molecule has 74 valence electrons. The molecule has 0 bridgehead atoms. The van der Waals surface area contributed by atoms with E-state index in [9.17, 15) is 0 Å². The predicted octanol–water partition coefficient (Wildman–Crippen LogP) is 3.74. The van der Waals surface area contributed by atoms with Crippen LogP contribution in [0.15, 0.2) is 24.4 Å². The second-order valence-corrected chi connectivity index (χ2v) is 1.44. The van der Waals surface area contributed by atoms with Gasteiger partial charge in [-0.15, -0.1) is 0 Å². The molecule has 1 N–H and O–H groups in total. The Labute approximate surface area is 78.6 Å². The van der Waals surface area contributed by atoms with Gasteiger partial charge in [-0.3, -0.25) is 0 Å². The second-order valence-electron chi connectivity index (χ2n) is 1.44. The normalized spacial score (nSPS) is 8.50. The van der Waals surface area contributed by atoms with Crippen molar-refractivity contribution < 1.29 is 0 Å². The summed E-state index contributed by atoms with van der Waals surface area (Å²) in [7, 11) is 0. The zero-order valence-electron chi connectivity index (χ0n) is 9.52. The van der Waals surface area contributed by atoms with Crippen LogP contribution in [0.1, 0.15) is 41.5 Å². The lowest BCUT2D eigenvalue weighted by molar-refractivity contribution is 0.919. The first kappa shape index (κ1) is 17.4. The van der Waals surface area contributed by atoms with E-state index >= 15 is 0 Å². The third-order valence-electron chi connectivity index (χ3n) is 0.722. The van der Waals surface area contributed by atoms with Gasteiger partial charge in [0, 0.05) is 6.54 Å². The fraction of sp³-hybridized carbons (Fsp3) is 0.636. The minimum Gasteiger partial charge on any atom is -0.391 e. The van der Waals surface area contributed by atoms with Gasteiger partial charge in [0.05, 0.1) is 0 Å². The molecule has 0 saturated heterocycles. The lowest BCUT2D eigenvalue weighted by Gasteiger charge is -1.86. The van der Waals surface area contributed by atoms with Crippen LogP contribution in [0.25, 0.3) is 0 Å². The molecule has 0 fully saturated rings. The third kappa shape index (κ3) is 34.7. The summed E-state index contributed by atoms with van der Waals surface area (Å²) >= 11 is 0. The van der Waals surface area contributed by atoms with Crippen molar-refractivity contribution in [2.45, 2.75) is 41.5 Å². The Morgan fingerprint density at radius 3 is 1.83 bits per heavy atom. The molecule has 0 aliphatic heterocycles. The van der Waals surface area contributed by atoms with Crippen molar-refractivity contribution in [3.63, 3.8) is 0 Å². The monoisotopic (exact) mass is 171 g/mol. The van der Waals surface area contributed by atoms with Crippen molar-refractivity contribution in [1.82, 2.24) is 5.32 Å². The van der Waals surface area contributed by atoms with E-state index in [2.05, 4.69) is 12.2 Å². The number of rotatable bonds is 3. The van der Waals surface area contributed by atoms with Crippen molar-refractivity contribution in [3.05, 3.63) is 24.4 Å². The Morgan fingerprint density at radius 1 is 1.00 bits per heavy atom. The maximum Gasteiger partial charge on any atom is 0.0113 e. The molecule has 0 rings (SSSR count). The number of hydrogen-bond donors (Lipinski definition) is 1. The van der Waals surface area contributed by atoms with Crippen LogP contribution in [0.4, 0.5) is 0 Å². The number of allylic oxidation sites excluding steroid dienone is 3. The van der Waals surface area contributed by atoms with E-state index in [1.54, 1.807) is 0 Å². The summed E-state index contributed by atoms with van der Waals surface area (Å²) in [6.07, 6.45) is 7.89. The van der Waals surface area contributed by atoms with E-state index in [4.69, 9.17) is 0 Å². The van der Waals surface area contributed by atoms with Crippen molar-refractivity contribution in [3.8, 4) is 0 Å². The average molecular weight is 171 g/mol. The van der Waals surface area contributed by atoms with Gasteiger partial charge < -0.3 is 5.32 Å². The smallest absolute Gasteiger partial charge is 0.0113 e. The molecule has 0 amide bonds. The molecular formula is C11H25N. The fourth-order valence-electron chi connectivity index (χ4n) is 0.353. The molecule has 0 aliphatic rings. The van der Waals surface area contributed by atoms with Gasteiger partial charge >= 0.3 is 0 Å². The molecule has 0 aromatic rings. The molecule has 0 aromatic carbocycles. The first-order valence-electron chi connectivity index (χ1n) is 4.93. The quantitative estimate of drug-likeness (QED) is 0.638. The standard InChI is InChI=1S/C7H13N.2C2H6/c1-3-5-6-7-8-4-2;2*1-2/h3,5-8H,4H2,1-2H3;2*1-2H3/b5-3-,7-6-;;. The minimum absolute atomic E-state index is 0.994. The van der Waals surface area contributed by atoms with Gasteiger partial charge in [0.15, 0.2) is 0 Å². The molecule has 0 saturated carbocycles. The topological polar surface area (TPSA) is 12.0 Å². The maximum atomic E-state index is 3.05. The highest BCUT2D eigenvalue weighted by Gasteiger charge is 1.61. The first-order valence-corrected chi connectivity index (χ1v) is 4.93. The Kier molecular flexibility index (Phi) is 46.0. The summed E-state index contributed by atoms with van der Waals surface area (Å²) in [6.45, 7) is 13.1. The average Bonchev–Trinajstić information content (AvgIpc) is 2.19. The van der Waals surface area contributed by atoms with E-state index in [0.29, 0.717) is 0 Å². The molecule has 0 spiro atoms. The Morgan fingerprint density at radius 2 is 1.50 bits per heavy atom. The van der Waals surface area contributed by atoms with E-state index in [1.165, 1.54) is 0 Å². The van der Waals surface area contributed by atoms with Crippen molar-refractivity contribution >= 4 is 0 Å². The van der Waals surface area contributed by atoms with Crippen molar-refractivity contribution in [1.29, 1.82) is 0 Å². The summed E-state index contributed by atoms with van der Waals surface area (Å²) in [4.78, 5) is 0. The van der Waals surface area contributed by atoms with Gasteiger partial charge in [-0.1, -0.05) is 39.8 Å². The summed E-state index contributed by atoms with van der Waals surface area (Å²) in [5, 5.41) is 3.05. The van der Waals surface area contributed by atoms with Gasteiger partial charge in [0.25, 0.3) is 0 Å². The van der Waals surface area contributed by atoms with Gasteiger partial charge in [0.2, 0.25) is 0 Å². The fourth-order valence-corrected chi connectivity index (χ4v) is 0.353. The SMILES string of the molecule is C/C=C\C=C/NCC.CC.CC. The highest BCUT2D eigenvalue weighted by Crippen LogP contribution is 1.71. The summed E-state index contributed by atoms with van der Waals surface area (Å²) in [5.41, 5.74) is 0. The molecule has 0 aromatic heterocycles. The maximum absolute atomic E-state index is 3.05. The Balaban J connectivity index is -0.000000175.